The summed E-state index contributed by atoms with van der Waals surface area (Å²) < 4.78 is 13.6. The number of ether oxygens (including phenoxy) is 3. The Balaban J connectivity index is 0. The summed E-state index contributed by atoms with van der Waals surface area (Å²) in [7, 11) is 3.38. The van der Waals surface area contributed by atoms with Crippen LogP contribution < -0.4 is 0 Å². The highest BCUT2D eigenvalue weighted by Gasteiger charge is 1.89. The molecule has 1 N–H and O–H groups in total. The third-order valence-electron chi connectivity index (χ3n) is 1.13. The number of hydrogen-bond donors (Lipinski definition) is 1. The molecule has 0 bridgehead atoms. The summed E-state index contributed by atoms with van der Waals surface area (Å²) >= 11 is 0. The number of carboxylic acid groups (broad SMARTS) is 1. The van der Waals surface area contributed by atoms with Gasteiger partial charge in [-0.2, -0.15) is 0 Å². The molecule has 0 radical (unpaired) electrons. The van der Waals surface area contributed by atoms with Crippen LogP contribution in [0.4, 0.5) is 4.79 Å². The van der Waals surface area contributed by atoms with E-state index in [9.17, 15) is 4.79 Å². The van der Waals surface area contributed by atoms with Crippen LogP contribution in [0.2, 0.25) is 0 Å². The predicted octanol–water partition coefficient (Wildman–Crippen LogP) is 1.76. The Morgan fingerprint density at radius 1 is 1.14 bits per heavy atom. The van der Waals surface area contributed by atoms with Crippen molar-refractivity contribution in [3.63, 3.8) is 0 Å². The van der Waals surface area contributed by atoms with Crippen molar-refractivity contribution in [1.29, 1.82) is 0 Å². The molecule has 0 aromatic carbocycles. The number of methoxy groups -OCH3 is 2. The highest BCUT2D eigenvalue weighted by Crippen LogP contribution is 1.78. The zero-order valence-corrected chi connectivity index (χ0v) is 9.12. The summed E-state index contributed by atoms with van der Waals surface area (Å²) in [5, 5.41) is 7.82. The molecule has 0 spiro atoms. The third-order valence-corrected chi connectivity index (χ3v) is 1.13. The Hall–Kier alpha value is -0.810. The Bertz CT molecular complexity index is 112. The van der Waals surface area contributed by atoms with Crippen molar-refractivity contribution < 1.29 is 24.1 Å². The van der Waals surface area contributed by atoms with Gasteiger partial charge in [-0.1, -0.05) is 6.92 Å². The van der Waals surface area contributed by atoms with Crippen molar-refractivity contribution >= 4 is 6.16 Å². The van der Waals surface area contributed by atoms with Crippen molar-refractivity contribution in [3.05, 3.63) is 0 Å². The summed E-state index contributed by atoms with van der Waals surface area (Å²) in [6, 6.07) is 0. The highest BCUT2D eigenvalue weighted by molar-refractivity contribution is 5.56. The number of hydrogen-bond acceptors (Lipinski definition) is 4. The molecule has 5 heteroatoms. The van der Waals surface area contributed by atoms with Crippen LogP contribution in [-0.4, -0.2) is 45.3 Å². The fourth-order valence-electron chi connectivity index (χ4n) is 0.537. The molecule has 5 nitrogen and oxygen atoms in total. The molecule has 0 heterocycles. The molecule has 0 aliphatic carbocycles. The molecule has 14 heavy (non-hydrogen) atoms. The molecule has 0 unspecified atom stereocenters. The van der Waals surface area contributed by atoms with E-state index in [0.29, 0.717) is 6.61 Å². The lowest BCUT2D eigenvalue weighted by atomic mass is 10.5. The fraction of sp³-hybridized carbons (Fsp3) is 0.889. The summed E-state index contributed by atoms with van der Waals surface area (Å²) in [4.78, 5) is 9.54. The van der Waals surface area contributed by atoms with Crippen LogP contribution in [-0.2, 0) is 14.2 Å². The summed E-state index contributed by atoms with van der Waals surface area (Å²) in [6.45, 7) is 3.75. The topological polar surface area (TPSA) is 65.0 Å². The molecule has 0 atom stereocenters. The second-order valence-electron chi connectivity index (χ2n) is 2.45. The first-order valence-corrected chi connectivity index (χ1v) is 4.52. The predicted molar refractivity (Wildman–Crippen MR) is 52.6 cm³/mol. The van der Waals surface area contributed by atoms with Crippen molar-refractivity contribution in [1.82, 2.24) is 0 Å². The minimum absolute atomic E-state index is 0.301. The van der Waals surface area contributed by atoms with Gasteiger partial charge in [0.15, 0.2) is 0 Å². The normalized spacial score (nSPS) is 8.79. The standard InChI is InChI=1S/C5H12O2.C4H8O3/c1-6-4-3-5-7-2;1-2-3-7-4(5)6/h3-5H2,1-2H3;2-3H2,1H3,(H,5,6). The number of carbonyl (C=O) groups is 1. The van der Waals surface area contributed by atoms with Crippen molar-refractivity contribution in [3.8, 4) is 0 Å². The van der Waals surface area contributed by atoms with Crippen LogP contribution in [0.25, 0.3) is 0 Å². The van der Waals surface area contributed by atoms with Gasteiger partial charge in [0.25, 0.3) is 0 Å². The van der Waals surface area contributed by atoms with Crippen molar-refractivity contribution in [2.24, 2.45) is 0 Å². The zero-order valence-electron chi connectivity index (χ0n) is 9.12. The monoisotopic (exact) mass is 208 g/mol. The minimum atomic E-state index is -1.19. The Kier molecular flexibility index (Phi) is 16.4. The van der Waals surface area contributed by atoms with E-state index in [-0.39, 0.29) is 0 Å². The Morgan fingerprint density at radius 2 is 1.64 bits per heavy atom. The van der Waals surface area contributed by atoms with Gasteiger partial charge in [-0.05, 0) is 12.8 Å². The lowest BCUT2D eigenvalue weighted by molar-refractivity contribution is 0.0918. The van der Waals surface area contributed by atoms with E-state index in [0.717, 1.165) is 26.1 Å². The molecular formula is C9H20O5. The van der Waals surface area contributed by atoms with E-state index in [2.05, 4.69) is 4.74 Å². The average Bonchev–Trinajstić information content (AvgIpc) is 2.16. The molecule has 86 valence electrons. The Morgan fingerprint density at radius 3 is 1.86 bits per heavy atom. The van der Waals surface area contributed by atoms with Gasteiger partial charge in [-0.25, -0.2) is 4.79 Å². The fourth-order valence-corrected chi connectivity index (χ4v) is 0.537. The van der Waals surface area contributed by atoms with Crippen molar-refractivity contribution in [2.45, 2.75) is 19.8 Å². The second-order valence-corrected chi connectivity index (χ2v) is 2.45. The average molecular weight is 208 g/mol. The van der Waals surface area contributed by atoms with Crippen LogP contribution in [0.3, 0.4) is 0 Å². The SMILES string of the molecule is CCCOC(=O)O.COCCCOC. The van der Waals surface area contributed by atoms with E-state index in [1.807, 2.05) is 6.92 Å². The second kappa shape index (κ2) is 14.7. The smallest absolute Gasteiger partial charge is 0.450 e. The van der Waals surface area contributed by atoms with E-state index in [1.54, 1.807) is 14.2 Å². The first-order valence-electron chi connectivity index (χ1n) is 4.52. The van der Waals surface area contributed by atoms with Crippen LogP contribution in [0.15, 0.2) is 0 Å². The van der Waals surface area contributed by atoms with Gasteiger partial charge in [0, 0.05) is 27.4 Å². The van der Waals surface area contributed by atoms with Gasteiger partial charge in [0.05, 0.1) is 6.61 Å². The van der Waals surface area contributed by atoms with E-state index < -0.39 is 6.16 Å². The largest absolute Gasteiger partial charge is 0.505 e. The third kappa shape index (κ3) is 22.5. The molecule has 0 saturated heterocycles. The maximum Gasteiger partial charge on any atom is 0.505 e. The van der Waals surface area contributed by atoms with Gasteiger partial charge < -0.3 is 19.3 Å². The Labute approximate surface area is 85.0 Å². The van der Waals surface area contributed by atoms with Crippen LogP contribution >= 0.6 is 0 Å². The van der Waals surface area contributed by atoms with E-state index in [4.69, 9.17) is 14.6 Å². The van der Waals surface area contributed by atoms with Gasteiger partial charge in [0.1, 0.15) is 0 Å². The van der Waals surface area contributed by atoms with Crippen LogP contribution in [0.5, 0.6) is 0 Å². The van der Waals surface area contributed by atoms with Crippen LogP contribution in [0, 0.1) is 0 Å². The zero-order chi connectivity index (χ0) is 11.2. The molecule has 0 fully saturated rings. The summed E-state index contributed by atoms with van der Waals surface area (Å²) in [5.41, 5.74) is 0. The molecule has 0 saturated carbocycles. The molecular weight excluding hydrogens is 188 g/mol. The summed E-state index contributed by atoms with van der Waals surface area (Å²) in [5.74, 6) is 0. The van der Waals surface area contributed by atoms with Gasteiger partial charge >= 0.3 is 6.16 Å². The maximum atomic E-state index is 9.54. The summed E-state index contributed by atoms with van der Waals surface area (Å²) in [6.07, 6.45) is 0.543. The van der Waals surface area contributed by atoms with E-state index >= 15 is 0 Å². The lowest BCUT2D eigenvalue weighted by Crippen LogP contribution is -1.99. The molecule has 0 aromatic rings. The molecule has 0 aliphatic rings. The molecule has 0 rings (SSSR count). The maximum absolute atomic E-state index is 9.54. The van der Waals surface area contributed by atoms with Gasteiger partial charge in [-0.3, -0.25) is 0 Å². The first kappa shape index (κ1) is 15.7. The molecule has 0 amide bonds. The minimum Gasteiger partial charge on any atom is -0.450 e. The first-order chi connectivity index (χ1) is 6.68. The van der Waals surface area contributed by atoms with Gasteiger partial charge in [0.2, 0.25) is 0 Å². The highest BCUT2D eigenvalue weighted by atomic mass is 16.7. The van der Waals surface area contributed by atoms with Crippen molar-refractivity contribution in [2.75, 3.05) is 34.0 Å². The van der Waals surface area contributed by atoms with Crippen LogP contribution in [0.1, 0.15) is 19.8 Å². The lowest BCUT2D eigenvalue weighted by Gasteiger charge is -1.94. The van der Waals surface area contributed by atoms with Gasteiger partial charge in [-0.15, -0.1) is 0 Å². The molecule has 0 aromatic heterocycles. The van der Waals surface area contributed by atoms with E-state index in [1.165, 1.54) is 0 Å². The quantitative estimate of drug-likeness (QED) is 0.532. The molecule has 0 aliphatic heterocycles. The number of rotatable bonds is 6.